The lowest BCUT2D eigenvalue weighted by Gasteiger charge is -2.38. The topological polar surface area (TPSA) is 49.4 Å². The maximum Gasteiger partial charge on any atom is 0.225 e. The van der Waals surface area contributed by atoms with Gasteiger partial charge in [-0.1, -0.05) is 29.8 Å². The molecule has 0 aromatic heterocycles. The zero-order valence-corrected chi connectivity index (χ0v) is 12.3. The molecule has 1 aromatic rings. The lowest BCUT2D eigenvalue weighted by Crippen LogP contribution is -2.46. The highest BCUT2D eigenvalue weighted by Crippen LogP contribution is 2.35. The Hall–Kier alpha value is -1.84. The quantitative estimate of drug-likeness (QED) is 0.917. The predicted octanol–water partition coefficient (Wildman–Crippen LogP) is 2.04. The fraction of sp³-hybridized carbons (Fsp3) is 0.500. The van der Waals surface area contributed by atoms with Crippen LogP contribution in [0.15, 0.2) is 24.3 Å². The fourth-order valence-corrected chi connectivity index (χ4v) is 2.84. The zero-order valence-electron chi connectivity index (χ0n) is 12.3. The molecule has 0 bridgehead atoms. The monoisotopic (exact) mass is 274 g/mol. The molecular weight excluding hydrogens is 252 g/mol. The van der Waals surface area contributed by atoms with Crippen molar-refractivity contribution in [3.63, 3.8) is 0 Å². The molecule has 0 unspecified atom stereocenters. The van der Waals surface area contributed by atoms with Crippen molar-refractivity contribution in [3.05, 3.63) is 35.4 Å². The van der Waals surface area contributed by atoms with Gasteiger partial charge < -0.3 is 10.2 Å². The highest BCUT2D eigenvalue weighted by Gasteiger charge is 2.38. The van der Waals surface area contributed by atoms with Crippen LogP contribution in [0.5, 0.6) is 0 Å². The minimum Gasteiger partial charge on any atom is -0.356 e. The summed E-state index contributed by atoms with van der Waals surface area (Å²) in [6.45, 7) is 4.56. The van der Waals surface area contributed by atoms with Crippen molar-refractivity contribution in [3.8, 4) is 0 Å². The second kappa shape index (κ2) is 6.07. The van der Waals surface area contributed by atoms with Gasteiger partial charge in [0, 0.05) is 20.0 Å². The maximum atomic E-state index is 12.3. The van der Waals surface area contributed by atoms with Crippen molar-refractivity contribution >= 4 is 11.8 Å². The maximum absolute atomic E-state index is 12.3. The molecule has 4 nitrogen and oxygen atoms in total. The van der Waals surface area contributed by atoms with E-state index in [1.807, 2.05) is 38.1 Å². The minimum atomic E-state index is -0.166. The van der Waals surface area contributed by atoms with Gasteiger partial charge in [0.05, 0.1) is 12.0 Å². The first-order chi connectivity index (χ1) is 9.54. The first-order valence-corrected chi connectivity index (χ1v) is 7.14. The molecule has 0 radical (unpaired) electrons. The van der Waals surface area contributed by atoms with Gasteiger partial charge in [-0.15, -0.1) is 0 Å². The van der Waals surface area contributed by atoms with Crippen LogP contribution in [0.1, 0.15) is 36.9 Å². The van der Waals surface area contributed by atoms with Gasteiger partial charge in [0.1, 0.15) is 0 Å². The Morgan fingerprint density at radius 1 is 1.35 bits per heavy atom. The summed E-state index contributed by atoms with van der Waals surface area (Å²) in [7, 11) is 1.79. The van der Waals surface area contributed by atoms with E-state index < -0.39 is 0 Å². The van der Waals surface area contributed by atoms with Crippen LogP contribution in [0.2, 0.25) is 0 Å². The van der Waals surface area contributed by atoms with E-state index in [4.69, 9.17) is 0 Å². The van der Waals surface area contributed by atoms with Crippen molar-refractivity contribution in [1.29, 1.82) is 0 Å². The average molecular weight is 274 g/mol. The number of hydrogen-bond acceptors (Lipinski definition) is 2. The van der Waals surface area contributed by atoms with E-state index in [0.717, 1.165) is 5.56 Å². The largest absolute Gasteiger partial charge is 0.356 e. The van der Waals surface area contributed by atoms with Crippen molar-refractivity contribution in [1.82, 2.24) is 10.2 Å². The van der Waals surface area contributed by atoms with E-state index in [1.165, 1.54) is 5.56 Å². The van der Waals surface area contributed by atoms with Crippen LogP contribution >= 0.6 is 0 Å². The van der Waals surface area contributed by atoms with Crippen LogP contribution in [-0.4, -0.2) is 30.3 Å². The van der Waals surface area contributed by atoms with Crippen molar-refractivity contribution in [2.24, 2.45) is 5.92 Å². The normalized spacial score (nSPS) is 22.8. The van der Waals surface area contributed by atoms with E-state index in [1.54, 1.807) is 11.9 Å². The van der Waals surface area contributed by atoms with Gasteiger partial charge in [0.25, 0.3) is 0 Å². The van der Waals surface area contributed by atoms with E-state index >= 15 is 0 Å². The Morgan fingerprint density at radius 2 is 2.00 bits per heavy atom. The number of hydrogen-bond donors (Lipinski definition) is 1. The summed E-state index contributed by atoms with van der Waals surface area (Å²) in [6, 6.07) is 7.92. The molecule has 0 saturated carbocycles. The van der Waals surface area contributed by atoms with Crippen LogP contribution in [0.25, 0.3) is 0 Å². The van der Waals surface area contributed by atoms with Crippen LogP contribution in [0.4, 0.5) is 0 Å². The van der Waals surface area contributed by atoms with E-state index in [2.05, 4.69) is 5.32 Å². The second-order valence-corrected chi connectivity index (χ2v) is 5.40. The number of nitrogens with zero attached hydrogens (tertiary/aromatic N) is 1. The molecule has 1 heterocycles. The SMILES string of the molecule is CCNC(=O)[C@@H]1CCC(=O)N(C)[C@H]1c1ccc(C)cc1. The summed E-state index contributed by atoms with van der Waals surface area (Å²) < 4.78 is 0. The molecule has 1 aliphatic heterocycles. The summed E-state index contributed by atoms with van der Waals surface area (Å²) in [6.07, 6.45) is 1.06. The third-order valence-corrected chi connectivity index (χ3v) is 3.97. The van der Waals surface area contributed by atoms with Gasteiger partial charge in [0.2, 0.25) is 11.8 Å². The molecule has 2 amide bonds. The lowest BCUT2D eigenvalue weighted by molar-refractivity contribution is -0.141. The number of amides is 2. The van der Waals surface area contributed by atoms with Crippen LogP contribution < -0.4 is 5.32 Å². The highest BCUT2D eigenvalue weighted by molar-refractivity contribution is 5.84. The molecule has 0 spiro atoms. The van der Waals surface area contributed by atoms with E-state index in [9.17, 15) is 9.59 Å². The van der Waals surface area contributed by atoms with Crippen LogP contribution in [-0.2, 0) is 9.59 Å². The average Bonchev–Trinajstić information content (AvgIpc) is 2.43. The minimum absolute atomic E-state index is 0.0393. The third-order valence-electron chi connectivity index (χ3n) is 3.97. The van der Waals surface area contributed by atoms with Gasteiger partial charge in [-0.25, -0.2) is 0 Å². The molecule has 20 heavy (non-hydrogen) atoms. The van der Waals surface area contributed by atoms with E-state index in [0.29, 0.717) is 19.4 Å². The number of benzene rings is 1. The number of carbonyl (C=O) groups excluding carboxylic acids is 2. The Morgan fingerprint density at radius 3 is 2.60 bits per heavy atom. The van der Waals surface area contributed by atoms with Gasteiger partial charge in [-0.2, -0.15) is 0 Å². The summed E-state index contributed by atoms with van der Waals surface area (Å²) in [5.41, 5.74) is 2.20. The molecule has 1 aliphatic rings. The zero-order chi connectivity index (χ0) is 14.7. The molecule has 1 saturated heterocycles. The summed E-state index contributed by atoms with van der Waals surface area (Å²) >= 11 is 0. The molecule has 2 atom stereocenters. The summed E-state index contributed by atoms with van der Waals surface area (Å²) in [4.78, 5) is 25.9. The van der Waals surface area contributed by atoms with Gasteiger partial charge in [-0.05, 0) is 25.8 Å². The first kappa shape index (κ1) is 14.6. The number of aryl methyl sites for hydroxylation is 1. The number of piperidine rings is 1. The first-order valence-electron chi connectivity index (χ1n) is 7.14. The molecular formula is C16H22N2O2. The standard InChI is InChI=1S/C16H22N2O2/c1-4-17-16(20)13-9-10-14(19)18(3)15(13)12-7-5-11(2)6-8-12/h5-8,13,15H,4,9-10H2,1-3H3,(H,17,20)/t13-,15+/m1/s1. The lowest BCUT2D eigenvalue weighted by atomic mass is 9.83. The number of nitrogens with one attached hydrogen (secondary N) is 1. The van der Waals surface area contributed by atoms with Crippen LogP contribution in [0.3, 0.4) is 0 Å². The summed E-state index contributed by atoms with van der Waals surface area (Å²) in [5.74, 6) is -0.0195. The number of likely N-dealkylation sites (tertiary alicyclic amines) is 1. The van der Waals surface area contributed by atoms with Gasteiger partial charge >= 0.3 is 0 Å². The highest BCUT2D eigenvalue weighted by atomic mass is 16.2. The Kier molecular flexibility index (Phi) is 4.42. The van der Waals surface area contributed by atoms with Gasteiger partial charge in [-0.3, -0.25) is 9.59 Å². The molecule has 1 N–H and O–H groups in total. The smallest absolute Gasteiger partial charge is 0.225 e. The van der Waals surface area contributed by atoms with E-state index in [-0.39, 0.29) is 23.8 Å². The van der Waals surface area contributed by atoms with Crippen molar-refractivity contribution in [2.45, 2.75) is 32.7 Å². The molecule has 1 aromatic carbocycles. The number of rotatable bonds is 3. The molecule has 108 valence electrons. The van der Waals surface area contributed by atoms with Crippen LogP contribution in [0, 0.1) is 12.8 Å². The van der Waals surface area contributed by atoms with Crippen molar-refractivity contribution in [2.75, 3.05) is 13.6 Å². The second-order valence-electron chi connectivity index (χ2n) is 5.40. The van der Waals surface area contributed by atoms with Gasteiger partial charge in [0.15, 0.2) is 0 Å². The Balaban J connectivity index is 2.32. The van der Waals surface area contributed by atoms with Crippen molar-refractivity contribution < 1.29 is 9.59 Å². The predicted molar refractivity (Wildman–Crippen MR) is 78.1 cm³/mol. The Bertz CT molecular complexity index is 496. The molecule has 1 fully saturated rings. The fourth-order valence-electron chi connectivity index (χ4n) is 2.84. The molecule has 2 rings (SSSR count). The Labute approximate surface area is 120 Å². The number of carbonyl (C=O) groups is 2. The summed E-state index contributed by atoms with van der Waals surface area (Å²) in [5, 5.41) is 2.88. The third kappa shape index (κ3) is 2.84. The molecule has 0 aliphatic carbocycles. The molecule has 4 heteroatoms.